The Labute approximate surface area is 49.9 Å². The smallest absolute Gasteiger partial charge is 0.0698 e. The molecule has 0 atom stereocenters. The molecular formula is C5H14O3. The van der Waals surface area contributed by atoms with Crippen LogP contribution in [0.3, 0.4) is 0 Å². The van der Waals surface area contributed by atoms with E-state index >= 15 is 0 Å². The van der Waals surface area contributed by atoms with E-state index in [1.807, 2.05) is 0 Å². The highest BCUT2D eigenvalue weighted by molar-refractivity contribution is 4.24. The highest BCUT2D eigenvalue weighted by atomic mass is 16.5. The van der Waals surface area contributed by atoms with Crippen molar-refractivity contribution in [1.29, 1.82) is 0 Å². The quantitative estimate of drug-likeness (QED) is 0.500. The van der Waals surface area contributed by atoms with Gasteiger partial charge in [0.05, 0.1) is 26.4 Å². The zero-order valence-electron chi connectivity index (χ0n) is 4.13. The van der Waals surface area contributed by atoms with Crippen molar-refractivity contribution in [2.75, 3.05) is 26.4 Å². The van der Waals surface area contributed by atoms with Gasteiger partial charge in [0.2, 0.25) is 0 Å². The molecule has 0 spiro atoms. The minimum Gasteiger partial charge on any atom is -0.394 e. The number of hydrogen-bond acceptors (Lipinski definition) is 3. The van der Waals surface area contributed by atoms with Gasteiger partial charge in [-0.3, -0.25) is 0 Å². The predicted octanol–water partition coefficient (Wildman–Crippen LogP) is -0.376. The van der Waals surface area contributed by atoms with Crippen molar-refractivity contribution in [3.8, 4) is 0 Å². The molecule has 0 amide bonds. The molecule has 8 heavy (non-hydrogen) atoms. The third kappa shape index (κ3) is 9.30. The summed E-state index contributed by atoms with van der Waals surface area (Å²) in [6, 6.07) is 0. The second kappa shape index (κ2) is 9.99. The van der Waals surface area contributed by atoms with Gasteiger partial charge in [-0.15, -0.1) is 0 Å². The Hall–Kier alpha value is -0.120. The first-order chi connectivity index (χ1) is 3.41. The number of aliphatic hydroxyl groups is 2. The van der Waals surface area contributed by atoms with Crippen LogP contribution in [0.4, 0.5) is 0 Å². The van der Waals surface area contributed by atoms with Crippen molar-refractivity contribution in [1.82, 2.24) is 0 Å². The Morgan fingerprint density at radius 2 is 1.38 bits per heavy atom. The van der Waals surface area contributed by atoms with Gasteiger partial charge >= 0.3 is 0 Å². The van der Waals surface area contributed by atoms with Crippen LogP contribution >= 0.6 is 0 Å². The van der Waals surface area contributed by atoms with E-state index in [4.69, 9.17) is 10.2 Å². The molecule has 2 N–H and O–H groups in total. The number of aliphatic hydroxyl groups excluding tert-OH is 2. The van der Waals surface area contributed by atoms with Crippen LogP contribution in [0.15, 0.2) is 0 Å². The third-order valence-electron chi connectivity index (χ3n) is 0.471. The van der Waals surface area contributed by atoms with Crippen LogP contribution in [0.1, 0.15) is 7.43 Å². The Morgan fingerprint density at radius 1 is 1.00 bits per heavy atom. The zero-order chi connectivity index (χ0) is 5.54. The summed E-state index contributed by atoms with van der Waals surface area (Å²) in [5, 5.41) is 16.2. The Bertz CT molecular complexity index is 26.9. The highest BCUT2D eigenvalue weighted by Gasteiger charge is 1.79. The summed E-state index contributed by atoms with van der Waals surface area (Å²) < 4.78 is 4.63. The SMILES string of the molecule is C.OCCOCCO. The molecule has 0 aromatic rings. The molecule has 0 aliphatic heterocycles. The average Bonchev–Trinajstić information content (AvgIpc) is 1.69. The van der Waals surface area contributed by atoms with E-state index in [1.54, 1.807) is 0 Å². The molecule has 0 heterocycles. The summed E-state index contributed by atoms with van der Waals surface area (Å²) in [7, 11) is 0. The molecule has 3 nitrogen and oxygen atoms in total. The van der Waals surface area contributed by atoms with Gasteiger partial charge < -0.3 is 14.9 Å². The lowest BCUT2D eigenvalue weighted by Gasteiger charge is -1.94. The third-order valence-corrected chi connectivity index (χ3v) is 0.471. The van der Waals surface area contributed by atoms with Crippen LogP contribution in [0.2, 0.25) is 0 Å². The van der Waals surface area contributed by atoms with Crippen LogP contribution in [0.5, 0.6) is 0 Å². The molecular weight excluding hydrogens is 108 g/mol. The molecule has 0 saturated heterocycles. The predicted molar refractivity (Wildman–Crippen MR) is 31.7 cm³/mol. The summed E-state index contributed by atoms with van der Waals surface area (Å²) in [6.45, 7) is 0.696. The zero-order valence-corrected chi connectivity index (χ0v) is 4.13. The van der Waals surface area contributed by atoms with Crippen LogP contribution in [-0.2, 0) is 4.74 Å². The van der Waals surface area contributed by atoms with Gasteiger partial charge in [-0.2, -0.15) is 0 Å². The van der Waals surface area contributed by atoms with Crippen molar-refractivity contribution in [2.45, 2.75) is 7.43 Å². The lowest BCUT2D eigenvalue weighted by molar-refractivity contribution is 0.0650. The first kappa shape index (κ1) is 10.8. The summed E-state index contributed by atoms with van der Waals surface area (Å²) >= 11 is 0. The van der Waals surface area contributed by atoms with Gasteiger partial charge in [-0.1, -0.05) is 7.43 Å². The fourth-order valence-corrected chi connectivity index (χ4v) is 0.231. The van der Waals surface area contributed by atoms with Gasteiger partial charge in [0, 0.05) is 0 Å². The van der Waals surface area contributed by atoms with Gasteiger partial charge in [0.15, 0.2) is 0 Å². The van der Waals surface area contributed by atoms with Crippen molar-refractivity contribution in [3.05, 3.63) is 0 Å². The van der Waals surface area contributed by atoms with Gasteiger partial charge in [0.1, 0.15) is 0 Å². The van der Waals surface area contributed by atoms with Crippen molar-refractivity contribution < 1.29 is 14.9 Å². The highest BCUT2D eigenvalue weighted by Crippen LogP contribution is 1.68. The maximum Gasteiger partial charge on any atom is 0.0698 e. The van der Waals surface area contributed by atoms with Crippen LogP contribution in [-0.4, -0.2) is 36.6 Å². The minimum atomic E-state index is 0. The molecule has 0 aliphatic carbocycles. The largest absolute Gasteiger partial charge is 0.394 e. The molecule has 0 unspecified atom stereocenters. The first-order valence-corrected chi connectivity index (χ1v) is 2.21. The second-order valence-corrected chi connectivity index (χ2v) is 1.06. The van der Waals surface area contributed by atoms with E-state index in [9.17, 15) is 0 Å². The number of ether oxygens (including phenoxy) is 1. The average molecular weight is 122 g/mol. The molecule has 0 aromatic heterocycles. The molecule has 0 radical (unpaired) electrons. The number of hydrogen-bond donors (Lipinski definition) is 2. The normalized spacial score (nSPS) is 8.25. The molecule has 3 heteroatoms. The van der Waals surface area contributed by atoms with Crippen LogP contribution in [0, 0.1) is 0 Å². The Kier molecular flexibility index (Phi) is 13.5. The number of rotatable bonds is 4. The summed E-state index contributed by atoms with van der Waals surface area (Å²) in [4.78, 5) is 0. The molecule has 0 aliphatic rings. The Balaban J connectivity index is 0. The van der Waals surface area contributed by atoms with Crippen molar-refractivity contribution >= 4 is 0 Å². The molecule has 0 fully saturated rings. The van der Waals surface area contributed by atoms with Crippen molar-refractivity contribution in [2.24, 2.45) is 0 Å². The molecule has 0 rings (SSSR count). The first-order valence-electron chi connectivity index (χ1n) is 2.21. The monoisotopic (exact) mass is 122 g/mol. The standard InChI is InChI=1S/C4H10O3.CH4/c5-1-3-7-4-2-6;/h5-6H,1-4H2;1H4. The van der Waals surface area contributed by atoms with E-state index in [-0.39, 0.29) is 20.6 Å². The maximum absolute atomic E-state index is 8.09. The fourth-order valence-electron chi connectivity index (χ4n) is 0.231. The molecule has 0 aromatic carbocycles. The topological polar surface area (TPSA) is 49.7 Å². The maximum atomic E-state index is 8.09. The summed E-state index contributed by atoms with van der Waals surface area (Å²) in [5.41, 5.74) is 0. The van der Waals surface area contributed by atoms with E-state index in [0.717, 1.165) is 0 Å². The minimum absolute atomic E-state index is 0. The second-order valence-electron chi connectivity index (χ2n) is 1.06. The molecule has 0 saturated carbocycles. The van der Waals surface area contributed by atoms with E-state index < -0.39 is 0 Å². The van der Waals surface area contributed by atoms with Crippen molar-refractivity contribution in [3.63, 3.8) is 0 Å². The Morgan fingerprint density at radius 3 is 1.62 bits per heavy atom. The van der Waals surface area contributed by atoms with Gasteiger partial charge in [-0.25, -0.2) is 0 Å². The fraction of sp³-hybridized carbons (Fsp3) is 1.00. The molecule has 0 bridgehead atoms. The van der Waals surface area contributed by atoms with Gasteiger partial charge in [-0.05, 0) is 0 Å². The van der Waals surface area contributed by atoms with E-state index in [2.05, 4.69) is 4.74 Å². The van der Waals surface area contributed by atoms with Crippen LogP contribution in [0.25, 0.3) is 0 Å². The lowest BCUT2D eigenvalue weighted by Crippen LogP contribution is -2.03. The lowest BCUT2D eigenvalue weighted by atomic mass is 10.7. The van der Waals surface area contributed by atoms with E-state index in [1.165, 1.54) is 0 Å². The van der Waals surface area contributed by atoms with E-state index in [0.29, 0.717) is 13.2 Å². The summed E-state index contributed by atoms with van der Waals surface area (Å²) in [5.74, 6) is 0. The molecule has 52 valence electrons. The van der Waals surface area contributed by atoms with Gasteiger partial charge in [0.25, 0.3) is 0 Å². The summed E-state index contributed by atoms with van der Waals surface area (Å²) in [6.07, 6.45) is 0. The van der Waals surface area contributed by atoms with Crippen LogP contribution < -0.4 is 0 Å².